The Kier molecular flexibility index (Phi) is 9.37. The van der Waals surface area contributed by atoms with Gasteiger partial charge in [-0.2, -0.15) is 0 Å². The third-order valence-corrected chi connectivity index (χ3v) is 16.1. The maximum Gasteiger partial charge on any atom is 0.252 e. The van der Waals surface area contributed by atoms with Crippen molar-refractivity contribution in [3.05, 3.63) is 272 Å². The highest BCUT2D eigenvalue weighted by Crippen LogP contribution is 2.55. The van der Waals surface area contributed by atoms with Crippen LogP contribution in [0.1, 0.15) is 25.0 Å². The van der Waals surface area contributed by atoms with E-state index in [-0.39, 0.29) is 12.1 Å². The first kappa shape index (κ1) is 42.4. The van der Waals surface area contributed by atoms with Crippen molar-refractivity contribution in [2.24, 2.45) is 0 Å². The summed E-state index contributed by atoms with van der Waals surface area (Å²) in [4.78, 5) is 7.53. The molecule has 0 N–H and O–H groups in total. The zero-order chi connectivity index (χ0) is 49.1. The first-order valence-corrected chi connectivity index (χ1v) is 25.8. The minimum Gasteiger partial charge on any atom is -0.311 e. The highest BCUT2D eigenvalue weighted by Gasteiger charge is 2.45. The predicted molar refractivity (Wildman–Crippen MR) is 312 cm³/mol. The van der Waals surface area contributed by atoms with E-state index >= 15 is 0 Å². The highest BCUT2D eigenvalue weighted by molar-refractivity contribution is 7.00. The van der Waals surface area contributed by atoms with Crippen LogP contribution in [0.4, 0.5) is 51.2 Å². The molecular formula is C69H49BN4. The van der Waals surface area contributed by atoms with Crippen LogP contribution in [-0.2, 0) is 5.41 Å². The van der Waals surface area contributed by atoms with Gasteiger partial charge < -0.3 is 19.3 Å². The third kappa shape index (κ3) is 6.17. The van der Waals surface area contributed by atoms with Crippen LogP contribution in [0.15, 0.2) is 261 Å². The average molecular weight is 945 g/mol. The molecule has 15 rings (SSSR count). The zero-order valence-corrected chi connectivity index (χ0v) is 41.2. The molecule has 0 saturated heterocycles. The fourth-order valence-electron chi connectivity index (χ4n) is 13.0. The van der Waals surface area contributed by atoms with Crippen LogP contribution in [0.25, 0.3) is 49.7 Å². The lowest BCUT2D eigenvalue weighted by atomic mass is 9.33. The average Bonchev–Trinajstić information content (AvgIpc) is 3.95. The van der Waals surface area contributed by atoms with Gasteiger partial charge >= 0.3 is 0 Å². The molecule has 0 saturated carbocycles. The number of aromatic nitrogens is 1. The summed E-state index contributed by atoms with van der Waals surface area (Å²) in [6.07, 6.45) is 0. The number of hydrogen-bond acceptors (Lipinski definition) is 3. The van der Waals surface area contributed by atoms with Gasteiger partial charge in [0.05, 0.1) is 22.4 Å². The van der Waals surface area contributed by atoms with Crippen LogP contribution in [0, 0.1) is 0 Å². The molecule has 3 aliphatic rings. The molecule has 348 valence electrons. The molecule has 0 amide bonds. The lowest BCUT2D eigenvalue weighted by Gasteiger charge is -2.44. The van der Waals surface area contributed by atoms with Crippen molar-refractivity contribution in [3.8, 4) is 27.9 Å². The van der Waals surface area contributed by atoms with Crippen molar-refractivity contribution in [3.63, 3.8) is 0 Å². The SMILES string of the molecule is CC1(C)c2ccccc2-c2c(N3c4cc(N(c5ccccc5)c5ccccc5)ccc4B4c5ccccc5N(c5ccc6c(c5)c5ccccc5n6-c5ccccc5-c5ccccc5)c5cccc3c54)cccc21. The Hall–Kier alpha value is -9.32. The molecule has 0 unspecified atom stereocenters. The molecule has 0 fully saturated rings. The minimum absolute atomic E-state index is 0.0310. The van der Waals surface area contributed by atoms with E-state index in [0.717, 1.165) is 28.4 Å². The highest BCUT2D eigenvalue weighted by atomic mass is 15.2. The number of anilines is 9. The van der Waals surface area contributed by atoms with Gasteiger partial charge in [-0.15, -0.1) is 0 Å². The van der Waals surface area contributed by atoms with Gasteiger partial charge in [0.1, 0.15) is 0 Å². The molecule has 2 aliphatic heterocycles. The lowest BCUT2D eigenvalue weighted by molar-refractivity contribution is 0.660. The smallest absolute Gasteiger partial charge is 0.252 e. The molecule has 0 spiro atoms. The van der Waals surface area contributed by atoms with Crippen molar-refractivity contribution in [1.82, 2.24) is 4.57 Å². The summed E-state index contributed by atoms with van der Waals surface area (Å²) in [5.74, 6) is 0. The molecule has 0 bridgehead atoms. The maximum atomic E-state index is 2.60. The lowest BCUT2D eigenvalue weighted by Crippen LogP contribution is -2.61. The van der Waals surface area contributed by atoms with Gasteiger partial charge in [-0.25, -0.2) is 0 Å². The van der Waals surface area contributed by atoms with Gasteiger partial charge in [-0.05, 0) is 130 Å². The molecule has 4 nitrogen and oxygen atoms in total. The monoisotopic (exact) mass is 944 g/mol. The fraction of sp³-hybridized carbons (Fsp3) is 0.0435. The molecule has 0 radical (unpaired) electrons. The van der Waals surface area contributed by atoms with E-state index in [0.29, 0.717) is 0 Å². The van der Waals surface area contributed by atoms with Gasteiger partial charge in [0.2, 0.25) is 0 Å². The summed E-state index contributed by atoms with van der Waals surface area (Å²) in [7, 11) is 0. The number of hydrogen-bond donors (Lipinski definition) is 0. The second-order valence-corrected chi connectivity index (χ2v) is 20.4. The number of rotatable bonds is 7. The Morgan fingerprint density at radius 1 is 0.365 bits per heavy atom. The molecule has 12 aromatic rings. The summed E-state index contributed by atoms with van der Waals surface area (Å²) in [5.41, 5.74) is 25.3. The van der Waals surface area contributed by atoms with Crippen LogP contribution in [-0.4, -0.2) is 11.3 Å². The van der Waals surface area contributed by atoms with E-state index in [4.69, 9.17) is 0 Å². The molecule has 3 heterocycles. The van der Waals surface area contributed by atoms with Crippen molar-refractivity contribution in [2.45, 2.75) is 19.3 Å². The topological polar surface area (TPSA) is 14.7 Å². The van der Waals surface area contributed by atoms with Crippen LogP contribution in [0.2, 0.25) is 0 Å². The van der Waals surface area contributed by atoms with Crippen molar-refractivity contribution < 1.29 is 0 Å². The van der Waals surface area contributed by atoms with E-state index < -0.39 is 0 Å². The summed E-state index contributed by atoms with van der Waals surface area (Å²) in [5, 5.41) is 2.44. The Bertz CT molecular complexity index is 4160. The van der Waals surface area contributed by atoms with Gasteiger partial charge in [-0.3, -0.25) is 0 Å². The normalized spacial score (nSPS) is 13.6. The summed E-state index contributed by atoms with van der Waals surface area (Å²) < 4.78 is 2.46. The molecule has 1 aliphatic carbocycles. The predicted octanol–water partition coefficient (Wildman–Crippen LogP) is 16.3. The molecule has 11 aromatic carbocycles. The summed E-state index contributed by atoms with van der Waals surface area (Å²) in [6, 6.07) is 96.4. The third-order valence-electron chi connectivity index (χ3n) is 16.1. The number of nitrogens with zero attached hydrogens (tertiary/aromatic N) is 4. The zero-order valence-electron chi connectivity index (χ0n) is 41.2. The standard InChI is InChI=1S/C69H49BN4/c1-69(2)55-31-15-12-30-53(55)67-56(69)32-20-37-63(67)74-65-39-21-38-64-68(65)70(58-42-40-50(45-66(58)74)71(47-24-8-4-9-25-47)48-26-10-5-11-27-48)57-33-16-19-36-62(57)72(64)49-41-43-61-54(44-49)52-29-14-18-35-60(52)73(61)59-34-17-13-28-51(59)46-22-6-3-7-23-46/h3-45H,1-2H3. The summed E-state index contributed by atoms with van der Waals surface area (Å²) >= 11 is 0. The number of fused-ring (bicyclic) bond motifs is 10. The molecule has 1 aromatic heterocycles. The quantitative estimate of drug-likeness (QED) is 0.148. The molecule has 74 heavy (non-hydrogen) atoms. The summed E-state index contributed by atoms with van der Waals surface area (Å²) in [6.45, 7) is 4.73. The van der Waals surface area contributed by atoms with Gasteiger partial charge in [0.25, 0.3) is 6.71 Å². The van der Waals surface area contributed by atoms with Gasteiger partial charge in [0.15, 0.2) is 0 Å². The second kappa shape index (κ2) is 16.4. The van der Waals surface area contributed by atoms with E-state index in [2.05, 4.69) is 294 Å². The number of para-hydroxylation sites is 5. The van der Waals surface area contributed by atoms with Crippen LogP contribution in [0.3, 0.4) is 0 Å². The van der Waals surface area contributed by atoms with Crippen LogP contribution in [0.5, 0.6) is 0 Å². The van der Waals surface area contributed by atoms with E-state index in [9.17, 15) is 0 Å². The molecule has 0 atom stereocenters. The largest absolute Gasteiger partial charge is 0.311 e. The van der Waals surface area contributed by atoms with Crippen LogP contribution >= 0.6 is 0 Å². The Labute approximate surface area is 432 Å². The van der Waals surface area contributed by atoms with Gasteiger partial charge in [-0.1, -0.05) is 184 Å². The van der Waals surface area contributed by atoms with E-state index in [1.54, 1.807) is 0 Å². The van der Waals surface area contributed by atoms with Crippen molar-refractivity contribution in [1.29, 1.82) is 0 Å². The Morgan fingerprint density at radius 2 is 0.932 bits per heavy atom. The first-order chi connectivity index (χ1) is 36.5. The minimum atomic E-state index is -0.167. The fourth-order valence-corrected chi connectivity index (χ4v) is 13.0. The first-order valence-electron chi connectivity index (χ1n) is 25.8. The van der Waals surface area contributed by atoms with Crippen molar-refractivity contribution in [2.75, 3.05) is 14.7 Å². The molecule has 5 heteroatoms. The Balaban J connectivity index is 0.973. The second-order valence-electron chi connectivity index (χ2n) is 20.4. The Morgan fingerprint density at radius 3 is 1.72 bits per heavy atom. The van der Waals surface area contributed by atoms with Gasteiger partial charge in [0, 0.05) is 72.8 Å². The van der Waals surface area contributed by atoms with Crippen LogP contribution < -0.4 is 31.1 Å². The van der Waals surface area contributed by atoms with E-state index in [1.165, 1.54) is 100 Å². The van der Waals surface area contributed by atoms with Crippen molar-refractivity contribution >= 4 is 96.1 Å². The molecular weight excluding hydrogens is 896 g/mol. The maximum absolute atomic E-state index is 2.60. The number of benzene rings is 11. The van der Waals surface area contributed by atoms with E-state index in [1.807, 2.05) is 0 Å².